The van der Waals surface area contributed by atoms with Crippen molar-refractivity contribution in [1.29, 1.82) is 0 Å². The summed E-state index contributed by atoms with van der Waals surface area (Å²) in [5.41, 5.74) is 3.12. The van der Waals surface area contributed by atoms with Gasteiger partial charge in [0, 0.05) is 4.47 Å². The van der Waals surface area contributed by atoms with Crippen molar-refractivity contribution in [3.8, 4) is 0 Å². The van der Waals surface area contributed by atoms with Gasteiger partial charge in [-0.1, -0.05) is 46.3 Å². The van der Waals surface area contributed by atoms with Crippen molar-refractivity contribution in [2.45, 2.75) is 12.2 Å². The van der Waals surface area contributed by atoms with Gasteiger partial charge in [0.05, 0.1) is 0 Å². The number of benzene rings is 2. The lowest BCUT2D eigenvalue weighted by Gasteiger charge is -2.28. The van der Waals surface area contributed by atoms with Crippen molar-refractivity contribution >= 4 is 15.9 Å². The molecule has 1 aliphatic rings. The molecular formula is C14H11BrO2. The Balaban J connectivity index is 2.25. The van der Waals surface area contributed by atoms with Crippen LogP contribution >= 0.6 is 15.9 Å². The highest BCUT2D eigenvalue weighted by Gasteiger charge is 2.29. The fourth-order valence-corrected chi connectivity index (χ4v) is 2.75. The number of hydrogen-bond donors (Lipinski definition) is 2. The molecule has 0 amide bonds. The molecule has 0 radical (unpaired) electrons. The smallest absolute Gasteiger partial charge is 0.105 e. The minimum Gasteiger partial charge on any atom is -0.384 e. The summed E-state index contributed by atoms with van der Waals surface area (Å²) in [7, 11) is 0. The van der Waals surface area contributed by atoms with Gasteiger partial charge in [-0.25, -0.2) is 0 Å². The first kappa shape index (κ1) is 11.0. The molecule has 3 rings (SSSR count). The third kappa shape index (κ3) is 1.62. The molecule has 0 aromatic heterocycles. The molecule has 2 atom stereocenters. The minimum absolute atomic E-state index is 0.655. The van der Waals surface area contributed by atoms with Crippen molar-refractivity contribution in [2.75, 3.05) is 0 Å². The van der Waals surface area contributed by atoms with E-state index in [9.17, 15) is 10.2 Å². The second kappa shape index (κ2) is 3.95. The highest BCUT2D eigenvalue weighted by Crippen LogP contribution is 2.41. The van der Waals surface area contributed by atoms with E-state index in [-0.39, 0.29) is 0 Å². The molecule has 3 heteroatoms. The van der Waals surface area contributed by atoms with E-state index in [1.165, 1.54) is 0 Å². The number of aliphatic hydroxyl groups is 2. The summed E-state index contributed by atoms with van der Waals surface area (Å²) in [6.45, 7) is 0. The van der Waals surface area contributed by atoms with Crippen LogP contribution in [0.3, 0.4) is 0 Å². The topological polar surface area (TPSA) is 40.5 Å². The summed E-state index contributed by atoms with van der Waals surface area (Å²) in [4.78, 5) is 0. The van der Waals surface area contributed by atoms with Gasteiger partial charge in [0.1, 0.15) is 12.2 Å². The molecule has 0 unspecified atom stereocenters. The molecule has 0 spiro atoms. The SMILES string of the molecule is O[C@@H]1c2ccccc2[C@@H](O)c2cc(Br)ccc21. The number of hydrogen-bond acceptors (Lipinski definition) is 2. The predicted octanol–water partition coefficient (Wildman–Crippen LogP) is 2.93. The zero-order valence-corrected chi connectivity index (χ0v) is 10.6. The summed E-state index contributed by atoms with van der Waals surface area (Å²) in [6.07, 6.45) is -1.32. The Bertz CT molecular complexity index is 580. The van der Waals surface area contributed by atoms with Gasteiger partial charge in [0.25, 0.3) is 0 Å². The van der Waals surface area contributed by atoms with Crippen LogP contribution in [0, 0.1) is 0 Å². The molecule has 0 saturated carbocycles. The lowest BCUT2D eigenvalue weighted by atomic mass is 9.82. The average molecular weight is 291 g/mol. The number of rotatable bonds is 0. The third-order valence-electron chi connectivity index (χ3n) is 3.22. The van der Waals surface area contributed by atoms with Crippen LogP contribution in [0.4, 0.5) is 0 Å². The van der Waals surface area contributed by atoms with Crippen LogP contribution < -0.4 is 0 Å². The van der Waals surface area contributed by atoms with E-state index in [1.807, 2.05) is 42.5 Å². The molecule has 0 heterocycles. The number of halogens is 1. The van der Waals surface area contributed by atoms with E-state index in [1.54, 1.807) is 0 Å². The predicted molar refractivity (Wildman–Crippen MR) is 68.7 cm³/mol. The average Bonchev–Trinajstić information content (AvgIpc) is 2.36. The first-order valence-corrected chi connectivity index (χ1v) is 6.22. The first-order valence-electron chi connectivity index (χ1n) is 5.43. The van der Waals surface area contributed by atoms with E-state index in [0.29, 0.717) is 0 Å². The maximum absolute atomic E-state index is 10.3. The van der Waals surface area contributed by atoms with E-state index >= 15 is 0 Å². The van der Waals surface area contributed by atoms with Crippen LogP contribution in [0.25, 0.3) is 0 Å². The highest BCUT2D eigenvalue weighted by molar-refractivity contribution is 9.10. The van der Waals surface area contributed by atoms with Crippen LogP contribution in [0.1, 0.15) is 34.5 Å². The van der Waals surface area contributed by atoms with Gasteiger partial charge >= 0.3 is 0 Å². The Kier molecular flexibility index (Phi) is 2.54. The third-order valence-corrected chi connectivity index (χ3v) is 3.72. The van der Waals surface area contributed by atoms with Crippen LogP contribution in [-0.2, 0) is 0 Å². The summed E-state index contributed by atoms with van der Waals surface area (Å²) < 4.78 is 0.905. The maximum Gasteiger partial charge on any atom is 0.105 e. The summed E-state index contributed by atoms with van der Waals surface area (Å²) in [5.74, 6) is 0. The molecule has 1 aliphatic carbocycles. The van der Waals surface area contributed by atoms with Crippen LogP contribution in [-0.4, -0.2) is 10.2 Å². The zero-order valence-electron chi connectivity index (χ0n) is 8.97. The van der Waals surface area contributed by atoms with Gasteiger partial charge in [0.15, 0.2) is 0 Å². The number of fused-ring (bicyclic) bond motifs is 2. The lowest BCUT2D eigenvalue weighted by Crippen LogP contribution is -2.17. The van der Waals surface area contributed by atoms with E-state index in [0.717, 1.165) is 26.7 Å². The molecule has 86 valence electrons. The second-order valence-electron chi connectivity index (χ2n) is 4.21. The van der Waals surface area contributed by atoms with Gasteiger partial charge in [0.2, 0.25) is 0 Å². The molecule has 2 N–H and O–H groups in total. The van der Waals surface area contributed by atoms with E-state index < -0.39 is 12.2 Å². The monoisotopic (exact) mass is 290 g/mol. The zero-order chi connectivity index (χ0) is 12.0. The number of aliphatic hydroxyl groups excluding tert-OH is 2. The van der Waals surface area contributed by atoms with Crippen molar-refractivity contribution in [3.63, 3.8) is 0 Å². The molecule has 2 aromatic rings. The Morgan fingerprint density at radius 3 is 1.94 bits per heavy atom. The van der Waals surface area contributed by atoms with Crippen LogP contribution in [0.15, 0.2) is 46.9 Å². The Morgan fingerprint density at radius 1 is 0.765 bits per heavy atom. The van der Waals surface area contributed by atoms with Crippen molar-refractivity contribution in [3.05, 3.63) is 69.2 Å². The van der Waals surface area contributed by atoms with Crippen LogP contribution in [0.2, 0.25) is 0 Å². The standard InChI is InChI=1S/C14H11BrO2/c15-8-5-6-11-12(7-8)14(17)10-4-2-1-3-9(10)13(11)16/h1-7,13-14,16-17H/t13-,14-/m1/s1. The summed E-state index contributed by atoms with van der Waals surface area (Å²) in [6, 6.07) is 13.0. The van der Waals surface area contributed by atoms with E-state index in [4.69, 9.17) is 0 Å². The van der Waals surface area contributed by atoms with Crippen molar-refractivity contribution in [1.82, 2.24) is 0 Å². The fourth-order valence-electron chi connectivity index (χ4n) is 2.38. The van der Waals surface area contributed by atoms with E-state index in [2.05, 4.69) is 15.9 Å². The molecule has 17 heavy (non-hydrogen) atoms. The molecule has 0 bridgehead atoms. The van der Waals surface area contributed by atoms with Crippen LogP contribution in [0.5, 0.6) is 0 Å². The molecule has 0 saturated heterocycles. The quantitative estimate of drug-likeness (QED) is 0.783. The Labute approximate surface area is 108 Å². The lowest BCUT2D eigenvalue weighted by molar-refractivity contribution is 0.173. The normalized spacial score (nSPS) is 21.8. The Hall–Kier alpha value is -1.16. The van der Waals surface area contributed by atoms with Gasteiger partial charge in [-0.15, -0.1) is 0 Å². The molecule has 0 fully saturated rings. The fraction of sp³-hybridized carbons (Fsp3) is 0.143. The van der Waals surface area contributed by atoms with Gasteiger partial charge in [-0.05, 0) is 34.4 Å². The molecular weight excluding hydrogens is 280 g/mol. The minimum atomic E-state index is -0.665. The Morgan fingerprint density at radius 2 is 1.29 bits per heavy atom. The van der Waals surface area contributed by atoms with Gasteiger partial charge in [-0.2, -0.15) is 0 Å². The molecule has 0 aliphatic heterocycles. The maximum atomic E-state index is 10.3. The molecule has 2 nitrogen and oxygen atoms in total. The van der Waals surface area contributed by atoms with Crippen molar-refractivity contribution in [2.24, 2.45) is 0 Å². The summed E-state index contributed by atoms with van der Waals surface area (Å²) in [5, 5.41) is 20.6. The first-order chi connectivity index (χ1) is 8.18. The largest absolute Gasteiger partial charge is 0.384 e. The molecule has 2 aromatic carbocycles. The highest BCUT2D eigenvalue weighted by atomic mass is 79.9. The summed E-state index contributed by atoms with van der Waals surface area (Å²) >= 11 is 3.39. The van der Waals surface area contributed by atoms with Gasteiger partial charge < -0.3 is 10.2 Å². The van der Waals surface area contributed by atoms with Gasteiger partial charge in [-0.3, -0.25) is 0 Å². The van der Waals surface area contributed by atoms with Crippen molar-refractivity contribution < 1.29 is 10.2 Å². The second-order valence-corrected chi connectivity index (χ2v) is 5.12.